The second-order valence-electron chi connectivity index (χ2n) is 7.08. The molecule has 31 heavy (non-hydrogen) atoms. The minimum absolute atomic E-state index is 0.0460. The summed E-state index contributed by atoms with van der Waals surface area (Å²) in [4.78, 5) is 27.7. The van der Waals surface area contributed by atoms with Gasteiger partial charge in [0.05, 0.1) is 6.33 Å². The van der Waals surface area contributed by atoms with Crippen molar-refractivity contribution in [1.29, 1.82) is 0 Å². The van der Waals surface area contributed by atoms with E-state index in [2.05, 4.69) is 25.3 Å². The highest BCUT2D eigenvalue weighted by molar-refractivity contribution is 5.81. The molecule has 14 heteroatoms. The number of ether oxygens (including phenoxy) is 2. The number of nitrogens with zero attached hydrogens (tertiary/aromatic N) is 6. The number of hydrogen-bond acceptors (Lipinski definition) is 12. The molecule has 1 fully saturated rings. The Bertz CT molecular complexity index is 1130. The van der Waals surface area contributed by atoms with Crippen molar-refractivity contribution in [1.82, 2.24) is 34.4 Å². The fourth-order valence-electron chi connectivity index (χ4n) is 3.45. The Morgan fingerprint density at radius 1 is 1.23 bits per heavy atom. The fraction of sp³-hybridized carbons (Fsp3) is 0.471. The monoisotopic (exact) mass is 433 g/mol. The number of aliphatic hydroxyl groups is 2. The molecular formula is C17H23N9O5. The Morgan fingerprint density at radius 3 is 2.81 bits per heavy atom. The second kappa shape index (κ2) is 8.52. The molecule has 7 N–H and O–H groups in total. The summed E-state index contributed by atoms with van der Waals surface area (Å²) in [7, 11) is 1.46. The molecule has 0 bridgehead atoms. The van der Waals surface area contributed by atoms with Gasteiger partial charge in [0.25, 0.3) is 0 Å². The summed E-state index contributed by atoms with van der Waals surface area (Å²) in [6.07, 6.45) is 0.257. The first-order chi connectivity index (χ1) is 14.9. The van der Waals surface area contributed by atoms with Gasteiger partial charge in [0, 0.05) is 32.0 Å². The molecule has 4 heterocycles. The molecule has 14 nitrogen and oxygen atoms in total. The van der Waals surface area contributed by atoms with Crippen molar-refractivity contribution in [2.45, 2.75) is 37.8 Å². The summed E-state index contributed by atoms with van der Waals surface area (Å²) >= 11 is 0. The average Bonchev–Trinajstić information content (AvgIpc) is 3.28. The summed E-state index contributed by atoms with van der Waals surface area (Å²) in [5.41, 5.74) is 12.4. The van der Waals surface area contributed by atoms with Crippen LogP contribution in [0, 0.1) is 0 Å². The lowest BCUT2D eigenvalue weighted by molar-refractivity contribution is -0.0342. The topological polar surface area (TPSA) is 201 Å². The van der Waals surface area contributed by atoms with Crippen LogP contribution in [0.15, 0.2) is 23.6 Å². The van der Waals surface area contributed by atoms with Crippen LogP contribution >= 0.6 is 0 Å². The smallest absolute Gasteiger partial charge is 0.351 e. The van der Waals surface area contributed by atoms with E-state index in [-0.39, 0.29) is 31.5 Å². The van der Waals surface area contributed by atoms with Gasteiger partial charge in [0.15, 0.2) is 17.7 Å². The minimum Gasteiger partial charge on any atom is -0.387 e. The van der Waals surface area contributed by atoms with Gasteiger partial charge in [-0.15, -0.1) is 0 Å². The van der Waals surface area contributed by atoms with Crippen molar-refractivity contribution in [2.24, 2.45) is 0 Å². The van der Waals surface area contributed by atoms with Crippen LogP contribution in [-0.2, 0) is 22.7 Å². The van der Waals surface area contributed by atoms with Gasteiger partial charge in [-0.2, -0.15) is 4.98 Å². The predicted molar refractivity (Wildman–Crippen MR) is 107 cm³/mol. The molecule has 2 unspecified atom stereocenters. The predicted octanol–water partition coefficient (Wildman–Crippen LogP) is -2.44. The molecule has 0 radical (unpaired) electrons. The van der Waals surface area contributed by atoms with Crippen LogP contribution in [0.5, 0.6) is 0 Å². The summed E-state index contributed by atoms with van der Waals surface area (Å²) in [6, 6.07) is 0. The van der Waals surface area contributed by atoms with E-state index in [1.165, 1.54) is 28.9 Å². The van der Waals surface area contributed by atoms with Crippen molar-refractivity contribution in [3.8, 4) is 0 Å². The minimum atomic E-state index is -1.21. The first kappa shape index (κ1) is 21.1. The highest BCUT2D eigenvalue weighted by Gasteiger charge is 2.44. The van der Waals surface area contributed by atoms with Crippen molar-refractivity contribution < 1.29 is 19.7 Å². The maximum absolute atomic E-state index is 11.8. The van der Waals surface area contributed by atoms with E-state index in [0.29, 0.717) is 16.7 Å². The molecule has 4 atom stereocenters. The van der Waals surface area contributed by atoms with Crippen LogP contribution in [0.25, 0.3) is 11.2 Å². The van der Waals surface area contributed by atoms with E-state index < -0.39 is 30.2 Å². The molecule has 0 aliphatic carbocycles. The SMILES string of the molecule is COCn1cc(CNC[C@H]2O[C@@H](n3cnc4c(N)ncnc43)C(O)C2O)c(N)nc1=O. The van der Waals surface area contributed by atoms with E-state index in [1.807, 2.05) is 0 Å². The molecule has 3 aromatic heterocycles. The van der Waals surface area contributed by atoms with Gasteiger partial charge in [-0.25, -0.2) is 19.7 Å². The number of aromatic nitrogens is 6. The van der Waals surface area contributed by atoms with Gasteiger partial charge in [0.1, 0.15) is 42.7 Å². The van der Waals surface area contributed by atoms with Crippen LogP contribution in [-0.4, -0.2) is 71.2 Å². The zero-order chi connectivity index (χ0) is 22.1. The van der Waals surface area contributed by atoms with Crippen LogP contribution in [0.3, 0.4) is 0 Å². The summed E-state index contributed by atoms with van der Waals surface area (Å²) < 4.78 is 13.6. The normalized spacial score (nSPS) is 23.6. The highest BCUT2D eigenvalue weighted by Crippen LogP contribution is 2.31. The maximum Gasteiger partial charge on any atom is 0.351 e. The number of nitrogens with two attached hydrogens (primary N) is 2. The number of hydrogen-bond donors (Lipinski definition) is 5. The first-order valence-corrected chi connectivity index (χ1v) is 9.40. The molecule has 166 valence electrons. The van der Waals surface area contributed by atoms with Gasteiger partial charge < -0.3 is 36.5 Å². The quantitative estimate of drug-likeness (QED) is 0.264. The second-order valence-corrected chi connectivity index (χ2v) is 7.08. The molecule has 0 saturated carbocycles. The average molecular weight is 433 g/mol. The van der Waals surface area contributed by atoms with E-state index in [4.69, 9.17) is 20.9 Å². The molecule has 0 aromatic carbocycles. The number of fused-ring (bicyclic) bond motifs is 1. The zero-order valence-electron chi connectivity index (χ0n) is 16.6. The standard InChI is InChI=1S/C17H23N9O5/c1-30-7-25-4-8(13(18)24-17(25)29)2-20-3-9-11(27)12(28)16(31-9)26-6-23-10-14(19)21-5-22-15(10)26/h4-6,9,11-12,16,20,27-28H,2-3,7H2,1H3,(H2,18,24,29)(H2,19,21,22)/t9-,11?,12?,16-/m1/s1. The van der Waals surface area contributed by atoms with E-state index >= 15 is 0 Å². The first-order valence-electron chi connectivity index (χ1n) is 9.40. The van der Waals surface area contributed by atoms with Gasteiger partial charge >= 0.3 is 5.69 Å². The van der Waals surface area contributed by atoms with Gasteiger partial charge in [-0.05, 0) is 0 Å². The van der Waals surface area contributed by atoms with Gasteiger partial charge in [-0.1, -0.05) is 0 Å². The lowest BCUT2D eigenvalue weighted by Crippen LogP contribution is -2.37. The number of nitrogen functional groups attached to an aromatic ring is 2. The zero-order valence-corrected chi connectivity index (χ0v) is 16.6. The number of rotatable bonds is 7. The van der Waals surface area contributed by atoms with Crippen LogP contribution < -0.4 is 22.5 Å². The third-order valence-corrected chi connectivity index (χ3v) is 5.03. The Balaban J connectivity index is 1.44. The Morgan fingerprint density at radius 2 is 2.03 bits per heavy atom. The number of aliphatic hydroxyl groups excluding tert-OH is 2. The largest absolute Gasteiger partial charge is 0.387 e. The molecule has 4 rings (SSSR count). The van der Waals surface area contributed by atoms with Crippen LogP contribution in [0.2, 0.25) is 0 Å². The number of nitrogens with one attached hydrogen (secondary N) is 1. The van der Waals surface area contributed by atoms with Crippen LogP contribution in [0.4, 0.5) is 11.6 Å². The Labute approximate surface area is 175 Å². The van der Waals surface area contributed by atoms with Crippen molar-refractivity contribution in [3.63, 3.8) is 0 Å². The summed E-state index contributed by atoms with van der Waals surface area (Å²) in [5.74, 6) is 0.300. The van der Waals surface area contributed by atoms with Crippen molar-refractivity contribution >= 4 is 22.8 Å². The van der Waals surface area contributed by atoms with E-state index in [0.717, 1.165) is 0 Å². The molecule has 0 spiro atoms. The Kier molecular flexibility index (Phi) is 5.79. The molecule has 0 amide bonds. The third kappa shape index (κ3) is 3.94. The lowest BCUT2D eigenvalue weighted by Gasteiger charge is -2.17. The summed E-state index contributed by atoms with van der Waals surface area (Å²) in [5, 5.41) is 24.1. The Hall–Kier alpha value is -3.17. The van der Waals surface area contributed by atoms with Crippen molar-refractivity contribution in [3.05, 3.63) is 34.9 Å². The third-order valence-electron chi connectivity index (χ3n) is 5.03. The molecular weight excluding hydrogens is 410 g/mol. The highest BCUT2D eigenvalue weighted by atomic mass is 16.6. The van der Waals surface area contributed by atoms with Gasteiger partial charge in [0.2, 0.25) is 0 Å². The lowest BCUT2D eigenvalue weighted by atomic mass is 10.1. The molecule has 1 aliphatic rings. The maximum atomic E-state index is 11.8. The van der Waals surface area contributed by atoms with E-state index in [1.54, 1.807) is 6.20 Å². The van der Waals surface area contributed by atoms with Crippen LogP contribution in [0.1, 0.15) is 11.8 Å². The number of imidazole rings is 1. The molecule has 3 aromatic rings. The number of anilines is 2. The van der Waals surface area contributed by atoms with Gasteiger partial charge in [-0.3, -0.25) is 9.13 Å². The van der Waals surface area contributed by atoms with Crippen molar-refractivity contribution in [2.75, 3.05) is 25.1 Å². The summed E-state index contributed by atoms with van der Waals surface area (Å²) in [6.45, 7) is 0.500. The van der Waals surface area contributed by atoms with E-state index in [9.17, 15) is 15.0 Å². The number of methoxy groups -OCH3 is 1. The fourth-order valence-corrected chi connectivity index (χ4v) is 3.45. The molecule has 1 saturated heterocycles. The molecule has 1 aliphatic heterocycles.